The lowest BCUT2D eigenvalue weighted by Crippen LogP contribution is -2.42. The van der Waals surface area contributed by atoms with E-state index in [4.69, 9.17) is 27.7 Å². The van der Waals surface area contributed by atoms with Crippen molar-refractivity contribution < 1.29 is 42.4 Å². The normalized spacial score (nSPS) is 13.7. The van der Waals surface area contributed by atoms with Crippen LogP contribution in [-0.4, -0.2) is 66.7 Å². The van der Waals surface area contributed by atoms with Gasteiger partial charge in [-0.05, 0) is 107 Å². The summed E-state index contributed by atoms with van der Waals surface area (Å²) in [6, 6.07) is 32.1. The molecule has 0 aliphatic heterocycles. The van der Waals surface area contributed by atoms with Gasteiger partial charge in [0.15, 0.2) is 0 Å². The molecule has 0 radical (unpaired) electrons. The smallest absolute Gasteiger partial charge is 0.336 e. The molecule has 0 fully saturated rings. The van der Waals surface area contributed by atoms with E-state index in [1.807, 2.05) is 82.3 Å². The Bertz CT molecular complexity index is 2350. The number of methoxy groups -OCH3 is 1. The summed E-state index contributed by atoms with van der Waals surface area (Å²) in [5.41, 5.74) is 0.204. The summed E-state index contributed by atoms with van der Waals surface area (Å²) in [5.74, 6) is 0.0939. The molecule has 0 aliphatic carbocycles. The number of amides is 1. The number of carbonyl (C=O) groups is 2. The Labute approximate surface area is 364 Å². The third-order valence-electron chi connectivity index (χ3n) is 9.84. The van der Waals surface area contributed by atoms with Crippen LogP contribution in [0, 0.1) is 16.7 Å². The second-order valence-electron chi connectivity index (χ2n) is 16.3. The summed E-state index contributed by atoms with van der Waals surface area (Å²) < 4.78 is 38.9. The summed E-state index contributed by atoms with van der Waals surface area (Å²) in [5, 5.41) is 23.2. The molecule has 5 rings (SSSR count). The number of rotatable bonds is 20. The molecule has 4 aromatic carbocycles. The molecule has 14 heteroatoms. The molecule has 62 heavy (non-hydrogen) atoms. The molecule has 0 saturated heterocycles. The molecule has 5 aromatic rings. The Hall–Kier alpha value is -5.61. The van der Waals surface area contributed by atoms with Crippen LogP contribution in [-0.2, 0) is 35.4 Å². The molecule has 0 aliphatic rings. The first-order valence-corrected chi connectivity index (χ1v) is 21.6. The third kappa shape index (κ3) is 12.1. The van der Waals surface area contributed by atoms with Crippen LogP contribution in [0.15, 0.2) is 112 Å². The number of hydrogen-bond acceptors (Lipinski definition) is 12. The minimum Gasteiger partial charge on any atom is -0.508 e. The zero-order valence-corrected chi connectivity index (χ0v) is 37.4. The summed E-state index contributed by atoms with van der Waals surface area (Å²) in [6.07, 6.45) is -0.843. The quantitative estimate of drug-likeness (QED) is 0.0191. The van der Waals surface area contributed by atoms with Crippen LogP contribution in [0.2, 0.25) is 0 Å². The first-order valence-electron chi connectivity index (χ1n) is 20.5. The van der Waals surface area contributed by atoms with Crippen LogP contribution >= 0.6 is 8.53 Å². The zero-order chi connectivity index (χ0) is 45.0. The van der Waals surface area contributed by atoms with Crippen molar-refractivity contribution in [2.45, 2.75) is 85.1 Å². The Balaban J connectivity index is 1.51. The molecule has 2 N–H and O–H groups in total. The van der Waals surface area contributed by atoms with E-state index in [-0.39, 0.29) is 61.8 Å². The predicted octanol–water partition coefficient (Wildman–Crippen LogP) is 8.79. The molecule has 3 atom stereocenters. The van der Waals surface area contributed by atoms with Crippen molar-refractivity contribution >= 4 is 31.4 Å². The maximum Gasteiger partial charge on any atom is 0.336 e. The number of carbonyl (C=O) groups excluding carboxylic acids is 2. The number of nitrogens with zero attached hydrogens (tertiary/aromatic N) is 2. The standard InChI is InChI=1S/C48H56N3O10P/c1-32(2)51(33(3)4)62(58-26-12-25-49)61-41(30-50-44(53)27-34-28-45(54)60-43-29-40(23-24-42(34)43)59-46(55)47(5,6)7)31-57-48(35-13-10-9-11-14-35,36-15-19-38(52)20-16-36)37-17-21-39(56-8)22-18-37/h9-11,13-24,28-29,32-33,41,52H,12,26-27,30-31H2,1-8H3,(H,50,53). The van der Waals surface area contributed by atoms with Gasteiger partial charge in [0.1, 0.15) is 34.5 Å². The number of phenolic OH excluding ortho intramolecular Hbond substituents is 1. The van der Waals surface area contributed by atoms with Gasteiger partial charge in [-0.15, -0.1) is 0 Å². The van der Waals surface area contributed by atoms with E-state index >= 15 is 0 Å². The third-order valence-corrected chi connectivity index (χ3v) is 12.0. The predicted molar refractivity (Wildman–Crippen MR) is 238 cm³/mol. The van der Waals surface area contributed by atoms with Gasteiger partial charge in [0, 0.05) is 36.1 Å². The first-order chi connectivity index (χ1) is 29.5. The van der Waals surface area contributed by atoms with Crippen molar-refractivity contribution in [2.24, 2.45) is 5.41 Å². The summed E-state index contributed by atoms with van der Waals surface area (Å²) in [7, 11) is -0.191. The maximum absolute atomic E-state index is 13.9. The number of fused-ring (bicyclic) bond motifs is 1. The van der Waals surface area contributed by atoms with E-state index in [2.05, 4.69) is 16.1 Å². The largest absolute Gasteiger partial charge is 0.508 e. The van der Waals surface area contributed by atoms with Crippen LogP contribution in [0.3, 0.4) is 0 Å². The lowest BCUT2D eigenvalue weighted by Gasteiger charge is -2.39. The average molecular weight is 866 g/mol. The summed E-state index contributed by atoms with van der Waals surface area (Å²) in [6.45, 7) is 13.4. The number of phenols is 1. The Morgan fingerprint density at radius 1 is 0.871 bits per heavy atom. The van der Waals surface area contributed by atoms with Crippen molar-refractivity contribution in [3.8, 4) is 23.3 Å². The van der Waals surface area contributed by atoms with Gasteiger partial charge in [0.05, 0.1) is 44.6 Å². The van der Waals surface area contributed by atoms with Gasteiger partial charge in [-0.3, -0.25) is 9.59 Å². The minimum atomic E-state index is -1.79. The highest BCUT2D eigenvalue weighted by Crippen LogP contribution is 2.48. The molecular formula is C48H56N3O10P. The van der Waals surface area contributed by atoms with Gasteiger partial charge in [-0.1, -0.05) is 54.6 Å². The lowest BCUT2D eigenvalue weighted by molar-refractivity contribution is -0.143. The molecular weight excluding hydrogens is 810 g/mol. The first kappa shape index (κ1) is 47.4. The number of benzene rings is 4. The Morgan fingerprint density at radius 3 is 2.08 bits per heavy atom. The van der Waals surface area contributed by atoms with E-state index in [1.54, 1.807) is 64.3 Å². The highest BCUT2D eigenvalue weighted by Gasteiger charge is 2.40. The average Bonchev–Trinajstić information content (AvgIpc) is 3.23. The SMILES string of the molecule is COc1ccc(C(OCC(CNC(=O)Cc2cc(=O)oc3cc(OC(=O)C(C)(C)C)ccc23)OP(OCCC#N)N(C(C)C)C(C)C)(c2ccccc2)c2ccc(O)cc2)cc1. The molecule has 328 valence electrons. The maximum atomic E-state index is 13.9. The molecule has 1 aromatic heterocycles. The number of aromatic hydroxyl groups is 1. The monoisotopic (exact) mass is 865 g/mol. The molecule has 13 nitrogen and oxygen atoms in total. The van der Waals surface area contributed by atoms with Gasteiger partial charge in [-0.2, -0.15) is 5.26 Å². The van der Waals surface area contributed by atoms with Crippen molar-refractivity contribution in [3.63, 3.8) is 0 Å². The molecule has 0 spiro atoms. The second-order valence-corrected chi connectivity index (χ2v) is 17.7. The van der Waals surface area contributed by atoms with Crippen LogP contribution in [0.4, 0.5) is 0 Å². The fourth-order valence-corrected chi connectivity index (χ4v) is 8.55. The fraction of sp³-hybridized carbons (Fsp3) is 0.375. The van der Waals surface area contributed by atoms with Crippen LogP contribution < -0.4 is 20.4 Å². The van der Waals surface area contributed by atoms with E-state index in [1.165, 1.54) is 12.1 Å². The van der Waals surface area contributed by atoms with Crippen LogP contribution in [0.25, 0.3) is 11.0 Å². The van der Waals surface area contributed by atoms with Gasteiger partial charge in [0.2, 0.25) is 5.91 Å². The Morgan fingerprint density at radius 2 is 1.48 bits per heavy atom. The van der Waals surface area contributed by atoms with Gasteiger partial charge < -0.3 is 38.1 Å². The molecule has 1 amide bonds. The van der Waals surface area contributed by atoms with E-state index < -0.39 is 43.1 Å². The number of hydrogen-bond donors (Lipinski definition) is 2. The minimum absolute atomic E-state index is 0.00498. The van der Waals surface area contributed by atoms with E-state index in [9.17, 15) is 24.8 Å². The molecule has 0 saturated carbocycles. The molecule has 0 bridgehead atoms. The topological polar surface area (TPSA) is 170 Å². The zero-order valence-electron chi connectivity index (χ0n) is 36.5. The second kappa shape index (κ2) is 21.5. The number of nitriles is 1. The van der Waals surface area contributed by atoms with Gasteiger partial charge in [-0.25, -0.2) is 9.46 Å². The van der Waals surface area contributed by atoms with Crippen LogP contribution in [0.5, 0.6) is 17.2 Å². The number of esters is 1. The van der Waals surface area contributed by atoms with Gasteiger partial charge in [0.25, 0.3) is 8.53 Å². The summed E-state index contributed by atoms with van der Waals surface area (Å²) in [4.78, 5) is 39.2. The van der Waals surface area contributed by atoms with Gasteiger partial charge >= 0.3 is 11.6 Å². The van der Waals surface area contributed by atoms with Crippen molar-refractivity contribution in [3.05, 3.63) is 136 Å². The highest BCUT2D eigenvalue weighted by atomic mass is 31.2. The number of ether oxygens (including phenoxy) is 3. The lowest BCUT2D eigenvalue weighted by atomic mass is 9.80. The Kier molecular flexibility index (Phi) is 16.4. The number of nitrogens with one attached hydrogen (secondary N) is 1. The van der Waals surface area contributed by atoms with Crippen molar-refractivity contribution in [1.82, 2.24) is 9.99 Å². The molecule has 3 unspecified atom stereocenters. The van der Waals surface area contributed by atoms with Crippen molar-refractivity contribution in [2.75, 3.05) is 26.9 Å². The van der Waals surface area contributed by atoms with Crippen molar-refractivity contribution in [1.29, 1.82) is 5.26 Å². The van der Waals surface area contributed by atoms with E-state index in [0.717, 1.165) is 16.7 Å². The van der Waals surface area contributed by atoms with E-state index in [0.29, 0.717) is 16.7 Å². The highest BCUT2D eigenvalue weighted by molar-refractivity contribution is 7.44. The molecule has 1 heterocycles. The fourth-order valence-electron chi connectivity index (χ4n) is 6.85. The van der Waals surface area contributed by atoms with Crippen LogP contribution in [0.1, 0.15) is 77.1 Å². The summed E-state index contributed by atoms with van der Waals surface area (Å²) >= 11 is 0.